The molecule has 0 radical (unpaired) electrons. The van der Waals surface area contributed by atoms with Crippen LogP contribution in [-0.4, -0.2) is 37.5 Å². The van der Waals surface area contributed by atoms with E-state index in [2.05, 4.69) is 0 Å². The van der Waals surface area contributed by atoms with Gasteiger partial charge in [-0.05, 0) is 18.2 Å². The van der Waals surface area contributed by atoms with Gasteiger partial charge < -0.3 is 5.11 Å². The van der Waals surface area contributed by atoms with E-state index in [1.54, 1.807) is 13.0 Å². The van der Waals surface area contributed by atoms with Crippen LogP contribution in [0, 0.1) is 17.1 Å². The van der Waals surface area contributed by atoms with E-state index in [1.807, 2.05) is 0 Å². The number of nitrogens with zero attached hydrogens (tertiary/aromatic N) is 2. The van der Waals surface area contributed by atoms with E-state index in [9.17, 15) is 12.8 Å². The minimum Gasteiger partial charge on any atom is -0.395 e. The van der Waals surface area contributed by atoms with E-state index in [1.165, 1.54) is 0 Å². The van der Waals surface area contributed by atoms with Crippen LogP contribution in [0.25, 0.3) is 0 Å². The van der Waals surface area contributed by atoms with E-state index in [0.29, 0.717) is 0 Å². The Hall–Kier alpha value is -1.49. The highest BCUT2D eigenvalue weighted by atomic mass is 32.2. The van der Waals surface area contributed by atoms with Crippen LogP contribution in [-0.2, 0) is 10.0 Å². The Balaban J connectivity index is 3.24. The molecule has 0 atom stereocenters. The van der Waals surface area contributed by atoms with Crippen LogP contribution in [0.3, 0.4) is 0 Å². The molecule has 0 fully saturated rings. The first-order valence-corrected chi connectivity index (χ1v) is 6.72. The van der Waals surface area contributed by atoms with Crippen LogP contribution in [0.1, 0.15) is 12.5 Å². The zero-order valence-corrected chi connectivity index (χ0v) is 10.6. The van der Waals surface area contributed by atoms with Crippen molar-refractivity contribution in [2.24, 2.45) is 0 Å². The first kappa shape index (κ1) is 14.6. The van der Waals surface area contributed by atoms with E-state index >= 15 is 0 Å². The van der Waals surface area contributed by atoms with Gasteiger partial charge in [-0.3, -0.25) is 0 Å². The van der Waals surface area contributed by atoms with E-state index in [4.69, 9.17) is 10.4 Å². The molecular formula is C11H13FN2O3S. The molecule has 1 rings (SSSR count). The summed E-state index contributed by atoms with van der Waals surface area (Å²) in [5, 5.41) is 17.5. The number of hydrogen-bond donors (Lipinski definition) is 1. The number of benzene rings is 1. The van der Waals surface area contributed by atoms with Gasteiger partial charge in [0.15, 0.2) is 0 Å². The summed E-state index contributed by atoms with van der Waals surface area (Å²) in [6.45, 7) is 1.46. The normalized spacial score (nSPS) is 11.5. The van der Waals surface area contributed by atoms with Gasteiger partial charge in [0.1, 0.15) is 11.9 Å². The molecule has 0 aliphatic heterocycles. The first-order chi connectivity index (χ1) is 8.47. The number of aliphatic hydroxyl groups excluding tert-OH is 1. The van der Waals surface area contributed by atoms with Gasteiger partial charge in [0.25, 0.3) is 0 Å². The molecule has 0 saturated heterocycles. The Labute approximate surface area is 105 Å². The molecule has 0 aromatic heterocycles. The third-order valence-electron chi connectivity index (χ3n) is 2.40. The highest BCUT2D eigenvalue weighted by Crippen LogP contribution is 2.18. The van der Waals surface area contributed by atoms with Gasteiger partial charge >= 0.3 is 0 Å². The van der Waals surface area contributed by atoms with Crippen LogP contribution < -0.4 is 0 Å². The average Bonchev–Trinajstić information content (AvgIpc) is 2.35. The lowest BCUT2D eigenvalue weighted by atomic mass is 10.2. The standard InChI is InChI=1S/C11H13FN2O3S/c1-2-14(5-6-15)18(16,17)10-3-4-11(12)9(7-10)8-13/h3-4,7,15H,2,5-6H2,1H3. The Morgan fingerprint density at radius 2 is 2.17 bits per heavy atom. The highest BCUT2D eigenvalue weighted by molar-refractivity contribution is 7.89. The molecule has 18 heavy (non-hydrogen) atoms. The lowest BCUT2D eigenvalue weighted by Gasteiger charge is -2.19. The molecule has 0 bridgehead atoms. The van der Waals surface area contributed by atoms with Crippen molar-refractivity contribution >= 4 is 10.0 Å². The maximum absolute atomic E-state index is 13.1. The largest absolute Gasteiger partial charge is 0.395 e. The number of aliphatic hydroxyl groups is 1. The minimum absolute atomic E-state index is 0.0436. The average molecular weight is 272 g/mol. The van der Waals surface area contributed by atoms with Crippen LogP contribution in [0.5, 0.6) is 0 Å². The smallest absolute Gasteiger partial charge is 0.243 e. The molecule has 0 aliphatic carbocycles. The van der Waals surface area contributed by atoms with Crippen molar-refractivity contribution < 1.29 is 17.9 Å². The molecular weight excluding hydrogens is 259 g/mol. The fourth-order valence-corrected chi connectivity index (χ4v) is 2.93. The van der Waals surface area contributed by atoms with Gasteiger partial charge in [0.05, 0.1) is 17.1 Å². The third-order valence-corrected chi connectivity index (χ3v) is 4.37. The second kappa shape index (κ2) is 5.91. The van der Waals surface area contributed by atoms with Gasteiger partial charge in [-0.25, -0.2) is 12.8 Å². The summed E-state index contributed by atoms with van der Waals surface area (Å²) < 4.78 is 38.4. The zero-order valence-electron chi connectivity index (χ0n) is 9.80. The monoisotopic (exact) mass is 272 g/mol. The summed E-state index contributed by atoms with van der Waals surface area (Å²) in [4.78, 5) is -0.157. The first-order valence-electron chi connectivity index (χ1n) is 5.28. The topological polar surface area (TPSA) is 81.4 Å². The molecule has 1 aromatic rings. The molecule has 0 amide bonds. The maximum Gasteiger partial charge on any atom is 0.243 e. The van der Waals surface area contributed by atoms with Crippen LogP contribution in [0.15, 0.2) is 23.1 Å². The van der Waals surface area contributed by atoms with Gasteiger partial charge in [-0.15, -0.1) is 0 Å². The summed E-state index contributed by atoms with van der Waals surface area (Å²) >= 11 is 0. The number of rotatable bonds is 5. The zero-order chi connectivity index (χ0) is 13.8. The predicted molar refractivity (Wildman–Crippen MR) is 62.6 cm³/mol. The number of halogens is 1. The number of likely N-dealkylation sites (N-methyl/N-ethyl adjacent to an activating group) is 1. The van der Waals surface area contributed by atoms with Crippen molar-refractivity contribution in [1.82, 2.24) is 4.31 Å². The number of nitriles is 1. The molecule has 7 heteroatoms. The van der Waals surface area contributed by atoms with Crippen LogP contribution >= 0.6 is 0 Å². The molecule has 0 unspecified atom stereocenters. The predicted octanol–water partition coefficient (Wildman–Crippen LogP) is 0.700. The molecule has 1 aromatic carbocycles. The maximum atomic E-state index is 13.1. The Bertz CT molecular complexity index is 566. The van der Waals surface area contributed by atoms with Gasteiger partial charge in [0, 0.05) is 13.1 Å². The lowest BCUT2D eigenvalue weighted by Crippen LogP contribution is -2.33. The summed E-state index contributed by atoms with van der Waals surface area (Å²) in [5.74, 6) is -0.762. The fourth-order valence-electron chi connectivity index (χ4n) is 1.46. The Morgan fingerprint density at radius 1 is 1.50 bits per heavy atom. The molecule has 5 nitrogen and oxygen atoms in total. The molecule has 1 N–H and O–H groups in total. The fraction of sp³-hybridized carbons (Fsp3) is 0.364. The van der Waals surface area contributed by atoms with Crippen molar-refractivity contribution in [2.45, 2.75) is 11.8 Å². The molecule has 0 heterocycles. The van der Waals surface area contributed by atoms with Crippen molar-refractivity contribution in [2.75, 3.05) is 19.7 Å². The third kappa shape index (κ3) is 2.85. The summed E-state index contributed by atoms with van der Waals surface area (Å²) in [5.41, 5.74) is -0.323. The lowest BCUT2D eigenvalue weighted by molar-refractivity contribution is 0.257. The van der Waals surface area contributed by atoms with Crippen LogP contribution in [0.4, 0.5) is 4.39 Å². The van der Waals surface area contributed by atoms with E-state index in [-0.39, 0.29) is 30.2 Å². The minimum atomic E-state index is -3.81. The number of sulfonamides is 1. The van der Waals surface area contributed by atoms with E-state index < -0.39 is 15.8 Å². The van der Waals surface area contributed by atoms with E-state index in [0.717, 1.165) is 22.5 Å². The van der Waals surface area contributed by atoms with Crippen molar-refractivity contribution in [3.05, 3.63) is 29.6 Å². The second-order valence-electron chi connectivity index (χ2n) is 3.47. The SMILES string of the molecule is CCN(CCO)S(=O)(=O)c1ccc(F)c(C#N)c1. The molecule has 0 saturated carbocycles. The highest BCUT2D eigenvalue weighted by Gasteiger charge is 2.23. The summed E-state index contributed by atoms with van der Waals surface area (Å²) in [6.07, 6.45) is 0. The number of hydrogen-bond acceptors (Lipinski definition) is 4. The van der Waals surface area contributed by atoms with Crippen molar-refractivity contribution in [1.29, 1.82) is 5.26 Å². The van der Waals surface area contributed by atoms with Gasteiger partial charge in [-0.1, -0.05) is 6.92 Å². The Morgan fingerprint density at radius 3 is 2.67 bits per heavy atom. The molecule has 0 spiro atoms. The van der Waals surface area contributed by atoms with Gasteiger partial charge in [0.2, 0.25) is 10.0 Å². The molecule has 0 aliphatic rings. The Kier molecular flexibility index (Phi) is 4.78. The van der Waals surface area contributed by atoms with Crippen molar-refractivity contribution in [3.63, 3.8) is 0 Å². The summed E-state index contributed by atoms with van der Waals surface area (Å²) in [6, 6.07) is 4.63. The summed E-state index contributed by atoms with van der Waals surface area (Å²) in [7, 11) is -3.81. The van der Waals surface area contributed by atoms with Crippen LogP contribution in [0.2, 0.25) is 0 Å². The molecule has 98 valence electrons. The van der Waals surface area contributed by atoms with Crippen molar-refractivity contribution in [3.8, 4) is 6.07 Å². The second-order valence-corrected chi connectivity index (χ2v) is 5.41. The van der Waals surface area contributed by atoms with Gasteiger partial charge in [-0.2, -0.15) is 9.57 Å². The quantitative estimate of drug-likeness (QED) is 0.855.